The van der Waals surface area contributed by atoms with Crippen molar-refractivity contribution in [2.24, 2.45) is 0 Å². The number of carbonyl (C=O) groups is 1. The second-order valence-electron chi connectivity index (χ2n) is 5.73. The quantitative estimate of drug-likeness (QED) is 0.613. The summed E-state index contributed by atoms with van der Waals surface area (Å²) in [6.07, 6.45) is 5.68. The van der Waals surface area contributed by atoms with E-state index < -0.39 is 0 Å². The lowest BCUT2D eigenvalue weighted by molar-refractivity contribution is -0.121. The minimum atomic E-state index is -0.0557. The Labute approximate surface area is 140 Å². The van der Waals surface area contributed by atoms with Gasteiger partial charge in [-0.3, -0.25) is 9.69 Å². The lowest BCUT2D eigenvalue weighted by atomic mass is 10.1. The van der Waals surface area contributed by atoms with Gasteiger partial charge in [0.25, 0.3) is 5.91 Å². The molecule has 0 radical (unpaired) electrons. The van der Waals surface area contributed by atoms with Gasteiger partial charge in [0.15, 0.2) is 10.2 Å². The van der Waals surface area contributed by atoms with Gasteiger partial charge >= 0.3 is 0 Å². The number of amides is 1. The van der Waals surface area contributed by atoms with Crippen molar-refractivity contribution < 1.29 is 4.79 Å². The fourth-order valence-electron chi connectivity index (χ4n) is 2.76. The van der Waals surface area contributed by atoms with E-state index in [1.54, 1.807) is 23.3 Å². The summed E-state index contributed by atoms with van der Waals surface area (Å²) in [6.45, 7) is 4.15. The molecule has 2 fully saturated rings. The van der Waals surface area contributed by atoms with Crippen molar-refractivity contribution in [1.82, 2.24) is 14.8 Å². The number of carbonyl (C=O) groups excluding carboxylic acids is 1. The van der Waals surface area contributed by atoms with Crippen LogP contribution in [0.5, 0.6) is 0 Å². The van der Waals surface area contributed by atoms with Gasteiger partial charge in [0, 0.05) is 27.2 Å². The van der Waals surface area contributed by atoms with Gasteiger partial charge in [-0.2, -0.15) is 0 Å². The second kappa shape index (κ2) is 5.96. The molecule has 0 N–H and O–H groups in total. The highest BCUT2D eigenvalue weighted by Gasteiger charge is 2.33. The zero-order chi connectivity index (χ0) is 15.9. The third kappa shape index (κ3) is 2.63. The van der Waals surface area contributed by atoms with Crippen molar-refractivity contribution in [2.75, 3.05) is 32.1 Å². The molecule has 1 aromatic rings. The number of thiazole rings is 1. The van der Waals surface area contributed by atoms with Crippen molar-refractivity contribution >= 4 is 45.8 Å². The number of piperidine rings is 1. The number of rotatable bonds is 2. The molecule has 3 heterocycles. The molecule has 0 aliphatic carbocycles. The summed E-state index contributed by atoms with van der Waals surface area (Å²) in [5, 5.41) is 1.60. The van der Waals surface area contributed by atoms with Crippen LogP contribution in [0.4, 0.5) is 5.13 Å². The molecule has 0 saturated carbocycles. The van der Waals surface area contributed by atoms with Gasteiger partial charge in [-0.05, 0) is 44.5 Å². The van der Waals surface area contributed by atoms with Crippen molar-refractivity contribution in [3.8, 4) is 0 Å². The Morgan fingerprint density at radius 2 is 1.86 bits per heavy atom. The third-order valence-electron chi connectivity index (χ3n) is 4.17. The SMILES string of the molecule is Cc1nc(N2CCCCC2)sc1C=C1C(=O)N(C)C(=S)N1C. The first-order valence-corrected chi connectivity index (χ1v) is 8.71. The van der Waals surface area contributed by atoms with Crippen LogP contribution in [0.25, 0.3) is 6.08 Å². The van der Waals surface area contributed by atoms with Gasteiger partial charge in [0.2, 0.25) is 0 Å². The average Bonchev–Trinajstić information content (AvgIpc) is 2.98. The van der Waals surface area contributed by atoms with Crippen LogP contribution in [0.1, 0.15) is 29.8 Å². The third-order valence-corrected chi connectivity index (χ3v) is 5.89. The first-order chi connectivity index (χ1) is 10.5. The van der Waals surface area contributed by atoms with Gasteiger partial charge in [0.1, 0.15) is 5.70 Å². The summed E-state index contributed by atoms with van der Waals surface area (Å²) in [6, 6.07) is 0. The molecule has 2 aliphatic rings. The molecule has 0 atom stereocenters. The number of anilines is 1. The molecule has 1 aromatic heterocycles. The van der Waals surface area contributed by atoms with E-state index in [-0.39, 0.29) is 5.91 Å². The number of nitrogens with zero attached hydrogens (tertiary/aromatic N) is 4. The molecule has 22 heavy (non-hydrogen) atoms. The van der Waals surface area contributed by atoms with E-state index in [0.717, 1.165) is 28.8 Å². The molecule has 7 heteroatoms. The Morgan fingerprint density at radius 3 is 2.45 bits per heavy atom. The summed E-state index contributed by atoms with van der Waals surface area (Å²) < 4.78 is 0. The highest BCUT2D eigenvalue weighted by Crippen LogP contribution is 2.31. The van der Waals surface area contributed by atoms with Crippen LogP contribution in [-0.2, 0) is 4.79 Å². The zero-order valence-corrected chi connectivity index (χ0v) is 14.8. The lowest BCUT2D eigenvalue weighted by Gasteiger charge is -2.25. The van der Waals surface area contributed by atoms with Crippen LogP contribution in [0, 0.1) is 6.92 Å². The predicted octanol–water partition coefficient (Wildman–Crippen LogP) is 2.47. The number of likely N-dealkylation sites (N-methyl/N-ethyl adjacent to an activating group) is 2. The Balaban J connectivity index is 1.89. The van der Waals surface area contributed by atoms with Crippen LogP contribution in [0.2, 0.25) is 0 Å². The number of hydrogen-bond acceptors (Lipinski definition) is 5. The molecule has 0 unspecified atom stereocenters. The first-order valence-electron chi connectivity index (χ1n) is 7.49. The van der Waals surface area contributed by atoms with Crippen LogP contribution in [-0.4, -0.2) is 53.0 Å². The molecule has 0 aromatic carbocycles. The summed E-state index contributed by atoms with van der Waals surface area (Å²) in [5.41, 5.74) is 1.59. The topological polar surface area (TPSA) is 39.7 Å². The van der Waals surface area contributed by atoms with Crippen LogP contribution in [0.3, 0.4) is 0 Å². The van der Waals surface area contributed by atoms with Gasteiger partial charge in [0.05, 0.1) is 10.6 Å². The van der Waals surface area contributed by atoms with E-state index >= 15 is 0 Å². The van der Waals surface area contributed by atoms with Gasteiger partial charge in [-0.25, -0.2) is 4.98 Å². The highest BCUT2D eigenvalue weighted by atomic mass is 32.1. The molecule has 2 aliphatic heterocycles. The number of hydrogen-bond donors (Lipinski definition) is 0. The molecule has 5 nitrogen and oxygen atoms in total. The molecule has 118 valence electrons. The standard InChI is InChI=1S/C15H20N4OS2/c1-10-12(9-11-13(20)18(3)15(21)17(11)2)22-14(16-10)19-7-5-4-6-8-19/h9H,4-8H2,1-3H3. The fraction of sp³-hybridized carbons (Fsp3) is 0.533. The van der Waals surface area contributed by atoms with Crippen molar-refractivity contribution in [2.45, 2.75) is 26.2 Å². The van der Waals surface area contributed by atoms with E-state index in [2.05, 4.69) is 9.88 Å². The predicted molar refractivity (Wildman–Crippen MR) is 94.0 cm³/mol. The van der Waals surface area contributed by atoms with Gasteiger partial charge in [-0.15, -0.1) is 0 Å². The largest absolute Gasteiger partial charge is 0.348 e. The lowest BCUT2D eigenvalue weighted by Crippen LogP contribution is -2.29. The summed E-state index contributed by atoms with van der Waals surface area (Å²) in [5.74, 6) is -0.0557. The van der Waals surface area contributed by atoms with E-state index in [1.165, 1.54) is 24.2 Å². The Morgan fingerprint density at radius 1 is 1.18 bits per heavy atom. The van der Waals surface area contributed by atoms with Crippen LogP contribution >= 0.6 is 23.6 Å². The van der Waals surface area contributed by atoms with E-state index in [1.807, 2.05) is 20.0 Å². The van der Waals surface area contributed by atoms with E-state index in [4.69, 9.17) is 12.2 Å². The summed E-state index contributed by atoms with van der Waals surface area (Å²) in [4.78, 5) is 23.6. The Kier molecular flexibility index (Phi) is 4.18. The van der Waals surface area contributed by atoms with E-state index in [0.29, 0.717) is 10.8 Å². The van der Waals surface area contributed by atoms with Crippen LogP contribution < -0.4 is 4.90 Å². The normalized spacial score (nSPS) is 21.4. The molecular weight excluding hydrogens is 316 g/mol. The smallest absolute Gasteiger partial charge is 0.276 e. The van der Waals surface area contributed by atoms with Gasteiger partial charge < -0.3 is 9.80 Å². The number of aryl methyl sites for hydroxylation is 1. The average molecular weight is 336 g/mol. The minimum Gasteiger partial charge on any atom is -0.348 e. The molecule has 2 saturated heterocycles. The van der Waals surface area contributed by atoms with E-state index in [9.17, 15) is 4.79 Å². The highest BCUT2D eigenvalue weighted by molar-refractivity contribution is 7.80. The van der Waals surface area contributed by atoms with Crippen molar-refractivity contribution in [3.63, 3.8) is 0 Å². The summed E-state index contributed by atoms with van der Waals surface area (Å²) >= 11 is 6.90. The monoisotopic (exact) mass is 336 g/mol. The maximum atomic E-state index is 12.3. The van der Waals surface area contributed by atoms with Gasteiger partial charge in [-0.1, -0.05) is 11.3 Å². The maximum Gasteiger partial charge on any atom is 0.276 e. The molecule has 3 rings (SSSR count). The Hall–Kier alpha value is -1.47. The van der Waals surface area contributed by atoms with Crippen molar-refractivity contribution in [3.05, 3.63) is 16.3 Å². The molecule has 1 amide bonds. The maximum absolute atomic E-state index is 12.3. The van der Waals surface area contributed by atoms with Crippen molar-refractivity contribution in [1.29, 1.82) is 0 Å². The molecule has 0 spiro atoms. The summed E-state index contributed by atoms with van der Waals surface area (Å²) in [7, 11) is 3.54. The Bertz CT molecular complexity index is 646. The fourth-order valence-corrected chi connectivity index (χ4v) is 4.00. The zero-order valence-electron chi connectivity index (χ0n) is 13.1. The number of aromatic nitrogens is 1. The minimum absolute atomic E-state index is 0.0557. The number of thiocarbonyl (C=S) groups is 1. The van der Waals surface area contributed by atoms with Crippen LogP contribution in [0.15, 0.2) is 5.70 Å². The second-order valence-corrected chi connectivity index (χ2v) is 7.10. The molecule has 0 bridgehead atoms. The molecular formula is C15H20N4OS2. The first kappa shape index (κ1) is 15.4.